The summed E-state index contributed by atoms with van der Waals surface area (Å²) in [5.74, 6) is -0.280. The third-order valence-electron chi connectivity index (χ3n) is 5.51. The first-order chi connectivity index (χ1) is 18.9. The van der Waals surface area contributed by atoms with Gasteiger partial charge in [0.25, 0.3) is 11.8 Å². The first-order valence-corrected chi connectivity index (χ1v) is 13.9. The van der Waals surface area contributed by atoms with Gasteiger partial charge in [0.2, 0.25) is 5.91 Å². The fourth-order valence-electron chi connectivity index (χ4n) is 3.49. The molecule has 1 atom stereocenters. The van der Waals surface area contributed by atoms with Crippen LogP contribution >= 0.6 is 23.1 Å². The SMILES string of the molecule is COc1ccc(NC(=O)C(C)Sc2cccc(NC(=O)/C(=C/c3ccsc3)NC(=O)c3ccccc3)c2)cc1. The molecule has 0 radical (unpaired) electrons. The second-order valence-corrected chi connectivity index (χ2v) is 10.6. The topological polar surface area (TPSA) is 96.5 Å². The second-order valence-electron chi connectivity index (χ2n) is 8.39. The maximum Gasteiger partial charge on any atom is 0.272 e. The van der Waals surface area contributed by atoms with E-state index in [-0.39, 0.29) is 17.5 Å². The Hall–Kier alpha value is -4.34. The molecule has 198 valence electrons. The van der Waals surface area contributed by atoms with E-state index in [4.69, 9.17) is 4.74 Å². The fraction of sp³-hybridized carbons (Fsp3) is 0.100. The molecule has 4 aromatic rings. The predicted molar refractivity (Wildman–Crippen MR) is 158 cm³/mol. The van der Waals surface area contributed by atoms with Crippen molar-refractivity contribution in [2.75, 3.05) is 17.7 Å². The lowest BCUT2D eigenvalue weighted by Crippen LogP contribution is -2.30. The molecule has 7 nitrogen and oxygen atoms in total. The van der Waals surface area contributed by atoms with Crippen LogP contribution in [0.4, 0.5) is 11.4 Å². The van der Waals surface area contributed by atoms with E-state index in [1.165, 1.54) is 23.1 Å². The van der Waals surface area contributed by atoms with Gasteiger partial charge in [-0.15, -0.1) is 11.8 Å². The number of nitrogens with one attached hydrogen (secondary N) is 3. The van der Waals surface area contributed by atoms with E-state index < -0.39 is 11.2 Å². The third-order valence-corrected chi connectivity index (χ3v) is 7.31. The molecule has 0 aliphatic carbocycles. The number of hydrogen-bond acceptors (Lipinski definition) is 6. The molecule has 1 heterocycles. The molecule has 0 saturated carbocycles. The molecule has 3 aromatic carbocycles. The first-order valence-electron chi connectivity index (χ1n) is 12.0. The van der Waals surface area contributed by atoms with Crippen molar-refractivity contribution < 1.29 is 19.1 Å². The van der Waals surface area contributed by atoms with Gasteiger partial charge in [-0.2, -0.15) is 11.3 Å². The van der Waals surface area contributed by atoms with Gasteiger partial charge in [-0.05, 0) is 90.0 Å². The van der Waals surface area contributed by atoms with Crippen LogP contribution in [0.3, 0.4) is 0 Å². The number of thioether (sulfide) groups is 1. The molecule has 3 amide bonds. The molecule has 9 heteroatoms. The van der Waals surface area contributed by atoms with E-state index in [2.05, 4.69) is 16.0 Å². The normalized spacial score (nSPS) is 11.8. The van der Waals surface area contributed by atoms with Crippen molar-refractivity contribution in [2.24, 2.45) is 0 Å². The minimum Gasteiger partial charge on any atom is -0.497 e. The molecule has 0 saturated heterocycles. The number of hydrogen-bond donors (Lipinski definition) is 3. The van der Waals surface area contributed by atoms with Gasteiger partial charge in [-0.25, -0.2) is 0 Å². The largest absolute Gasteiger partial charge is 0.497 e. The Bertz CT molecular complexity index is 1450. The zero-order valence-corrected chi connectivity index (χ0v) is 23.0. The van der Waals surface area contributed by atoms with Crippen LogP contribution in [0.5, 0.6) is 5.75 Å². The van der Waals surface area contributed by atoms with E-state index in [0.717, 1.165) is 10.5 Å². The zero-order chi connectivity index (χ0) is 27.6. The van der Waals surface area contributed by atoms with Crippen LogP contribution in [-0.4, -0.2) is 30.1 Å². The highest BCUT2D eigenvalue weighted by Gasteiger charge is 2.17. The summed E-state index contributed by atoms with van der Waals surface area (Å²) >= 11 is 2.86. The monoisotopic (exact) mass is 557 g/mol. The highest BCUT2D eigenvalue weighted by molar-refractivity contribution is 8.00. The lowest BCUT2D eigenvalue weighted by Gasteiger charge is -2.14. The first kappa shape index (κ1) is 27.7. The van der Waals surface area contributed by atoms with Crippen molar-refractivity contribution in [2.45, 2.75) is 17.1 Å². The lowest BCUT2D eigenvalue weighted by atomic mass is 10.2. The summed E-state index contributed by atoms with van der Waals surface area (Å²) in [5, 5.41) is 11.9. The van der Waals surface area contributed by atoms with Gasteiger partial charge in [0.05, 0.1) is 12.4 Å². The minimum absolute atomic E-state index is 0.118. The van der Waals surface area contributed by atoms with Gasteiger partial charge in [0.15, 0.2) is 0 Å². The Kier molecular flexibility index (Phi) is 9.55. The maximum absolute atomic E-state index is 13.2. The molecule has 0 fully saturated rings. The van der Waals surface area contributed by atoms with E-state index in [1.807, 2.05) is 35.9 Å². The molecule has 4 rings (SSSR count). The van der Waals surface area contributed by atoms with Crippen molar-refractivity contribution in [1.29, 1.82) is 0 Å². The molecule has 3 N–H and O–H groups in total. The molecular weight excluding hydrogens is 530 g/mol. The van der Waals surface area contributed by atoms with Crippen molar-refractivity contribution in [1.82, 2.24) is 5.32 Å². The van der Waals surface area contributed by atoms with Gasteiger partial charge in [-0.1, -0.05) is 24.3 Å². The molecule has 0 bridgehead atoms. The smallest absolute Gasteiger partial charge is 0.272 e. The van der Waals surface area contributed by atoms with Crippen molar-refractivity contribution >= 4 is 58.3 Å². The van der Waals surface area contributed by atoms with Crippen LogP contribution in [0, 0.1) is 0 Å². The number of thiophene rings is 1. The van der Waals surface area contributed by atoms with E-state index >= 15 is 0 Å². The van der Waals surface area contributed by atoms with Crippen LogP contribution in [0.2, 0.25) is 0 Å². The Morgan fingerprint density at radius 2 is 1.67 bits per heavy atom. The lowest BCUT2D eigenvalue weighted by molar-refractivity contribution is -0.115. The molecule has 0 aliphatic heterocycles. The summed E-state index contributed by atoms with van der Waals surface area (Å²) in [6.07, 6.45) is 1.64. The molecule has 39 heavy (non-hydrogen) atoms. The average Bonchev–Trinajstić information content (AvgIpc) is 3.47. The number of rotatable bonds is 10. The van der Waals surface area contributed by atoms with E-state index in [1.54, 1.807) is 79.9 Å². The maximum atomic E-state index is 13.2. The number of carbonyl (C=O) groups excluding carboxylic acids is 3. The Labute approximate surface area is 235 Å². The summed E-state index contributed by atoms with van der Waals surface area (Å²) in [6, 6.07) is 24.9. The standard InChI is InChI=1S/C30H27N3O4S2/c1-20(28(34)31-23-11-13-25(37-2)14-12-23)39-26-10-6-9-24(18-26)32-30(36)27(17-21-15-16-38-19-21)33-29(35)22-7-4-3-5-8-22/h3-20H,1-2H3,(H,31,34)(H,32,36)(H,33,35)/b27-17-. The number of amides is 3. The van der Waals surface area contributed by atoms with Gasteiger partial charge < -0.3 is 20.7 Å². The average molecular weight is 558 g/mol. The van der Waals surface area contributed by atoms with Gasteiger partial charge in [0.1, 0.15) is 11.4 Å². The Morgan fingerprint density at radius 1 is 0.897 bits per heavy atom. The van der Waals surface area contributed by atoms with Crippen molar-refractivity contribution in [3.05, 3.63) is 113 Å². The Morgan fingerprint density at radius 3 is 2.36 bits per heavy atom. The summed E-state index contributed by atoms with van der Waals surface area (Å²) < 4.78 is 5.15. The molecule has 1 aromatic heterocycles. The fourth-order valence-corrected chi connectivity index (χ4v) is 5.03. The summed E-state index contributed by atoms with van der Waals surface area (Å²) in [4.78, 5) is 39.5. The highest BCUT2D eigenvalue weighted by Crippen LogP contribution is 2.27. The third kappa shape index (κ3) is 8.07. The van der Waals surface area contributed by atoms with Gasteiger partial charge >= 0.3 is 0 Å². The van der Waals surface area contributed by atoms with Crippen LogP contribution in [0.15, 0.2) is 106 Å². The van der Waals surface area contributed by atoms with Crippen molar-refractivity contribution in [3.8, 4) is 5.75 Å². The Balaban J connectivity index is 1.42. The summed E-state index contributed by atoms with van der Waals surface area (Å²) in [6.45, 7) is 1.82. The van der Waals surface area contributed by atoms with Gasteiger partial charge in [-0.3, -0.25) is 14.4 Å². The second kappa shape index (κ2) is 13.5. The molecule has 1 unspecified atom stereocenters. The van der Waals surface area contributed by atoms with Crippen LogP contribution < -0.4 is 20.7 Å². The van der Waals surface area contributed by atoms with Crippen molar-refractivity contribution in [3.63, 3.8) is 0 Å². The minimum atomic E-state index is -0.460. The number of carbonyl (C=O) groups is 3. The summed E-state index contributed by atoms with van der Waals surface area (Å²) in [7, 11) is 1.59. The summed E-state index contributed by atoms with van der Waals surface area (Å²) in [5.41, 5.74) is 2.59. The predicted octanol–water partition coefficient (Wildman–Crippen LogP) is 6.29. The molecular formula is C30H27N3O4S2. The van der Waals surface area contributed by atoms with Crippen LogP contribution in [0.1, 0.15) is 22.8 Å². The van der Waals surface area contributed by atoms with Crippen LogP contribution in [0.25, 0.3) is 6.08 Å². The van der Waals surface area contributed by atoms with E-state index in [9.17, 15) is 14.4 Å². The highest BCUT2D eigenvalue weighted by atomic mass is 32.2. The van der Waals surface area contributed by atoms with Gasteiger partial charge in [0, 0.05) is 21.8 Å². The van der Waals surface area contributed by atoms with Crippen LogP contribution in [-0.2, 0) is 9.59 Å². The molecule has 0 aliphatic rings. The number of ether oxygens (including phenoxy) is 1. The van der Waals surface area contributed by atoms with E-state index in [0.29, 0.717) is 22.7 Å². The quantitative estimate of drug-likeness (QED) is 0.157. The number of benzene rings is 3. The number of anilines is 2. The zero-order valence-electron chi connectivity index (χ0n) is 21.3. The molecule has 0 spiro atoms. The number of methoxy groups -OCH3 is 1.